The molecule has 1 aliphatic rings. The molecule has 4 aromatic rings. The van der Waals surface area contributed by atoms with Gasteiger partial charge in [-0.05, 0) is 65.4 Å². The molecule has 0 radical (unpaired) electrons. The minimum Gasteiger partial charge on any atom is -0.493 e. The van der Waals surface area contributed by atoms with Gasteiger partial charge in [0.25, 0.3) is 11.8 Å². The van der Waals surface area contributed by atoms with E-state index in [0.717, 1.165) is 16.9 Å². The third-order valence-electron chi connectivity index (χ3n) is 7.29. The standard InChI is InChI=1S/C33H32N4O7S/c1-4-11-35-31(39)26-8-6-20(28(36-26)33(41)43-3)21-16-27-24(29-19(9-12-44-27)10-13-45-29)15-22(21)30(38)37-25-7-5-18(17-34)14-23(25)32(40)42-2/h5-8,10,13-16H,4,9,11-12,17,34H2,1-3H3,(H,35,39)(H,37,38). The Labute approximate surface area is 263 Å². The number of nitrogens with two attached hydrogens (primary N) is 1. The van der Waals surface area contributed by atoms with Gasteiger partial charge in [-0.15, -0.1) is 11.3 Å². The molecular weight excluding hydrogens is 596 g/mol. The fourth-order valence-corrected chi connectivity index (χ4v) is 5.98. The lowest BCUT2D eigenvalue weighted by molar-refractivity contribution is 0.0588. The molecule has 2 amide bonds. The molecule has 0 fully saturated rings. The maximum absolute atomic E-state index is 14.2. The number of thiophene rings is 1. The van der Waals surface area contributed by atoms with Crippen LogP contribution in [-0.4, -0.2) is 56.1 Å². The Morgan fingerprint density at radius 3 is 2.47 bits per heavy atom. The summed E-state index contributed by atoms with van der Waals surface area (Å²) in [6, 6.07) is 13.3. The summed E-state index contributed by atoms with van der Waals surface area (Å²) in [5.74, 6) is -1.93. The second kappa shape index (κ2) is 13.7. The van der Waals surface area contributed by atoms with Crippen molar-refractivity contribution in [1.29, 1.82) is 0 Å². The molecule has 1 aliphatic heterocycles. The smallest absolute Gasteiger partial charge is 0.357 e. The number of hydrogen-bond acceptors (Lipinski definition) is 10. The average molecular weight is 629 g/mol. The van der Waals surface area contributed by atoms with Crippen molar-refractivity contribution in [2.75, 3.05) is 32.7 Å². The van der Waals surface area contributed by atoms with Crippen LogP contribution in [0.1, 0.15) is 66.2 Å². The molecule has 0 spiro atoms. The Kier molecular flexibility index (Phi) is 9.55. The number of nitrogens with one attached hydrogen (secondary N) is 2. The molecule has 0 atom stereocenters. The van der Waals surface area contributed by atoms with Crippen molar-refractivity contribution in [2.24, 2.45) is 5.73 Å². The molecule has 0 saturated heterocycles. The first kappa shape index (κ1) is 31.4. The second-order valence-corrected chi connectivity index (χ2v) is 11.1. The second-order valence-electron chi connectivity index (χ2n) is 10.1. The predicted molar refractivity (Wildman–Crippen MR) is 170 cm³/mol. The number of carbonyl (C=O) groups is 4. The Balaban J connectivity index is 1.69. The number of amides is 2. The molecule has 3 heterocycles. The van der Waals surface area contributed by atoms with E-state index in [0.29, 0.717) is 42.0 Å². The van der Waals surface area contributed by atoms with Gasteiger partial charge in [-0.25, -0.2) is 14.6 Å². The molecule has 232 valence electrons. The van der Waals surface area contributed by atoms with E-state index in [9.17, 15) is 19.2 Å². The van der Waals surface area contributed by atoms with Crippen molar-refractivity contribution >= 4 is 40.8 Å². The predicted octanol–water partition coefficient (Wildman–Crippen LogP) is 4.84. The molecule has 4 N–H and O–H groups in total. The molecule has 0 aliphatic carbocycles. The van der Waals surface area contributed by atoms with Gasteiger partial charge in [0.15, 0.2) is 5.69 Å². The van der Waals surface area contributed by atoms with Gasteiger partial charge in [-0.2, -0.15) is 0 Å². The summed E-state index contributed by atoms with van der Waals surface area (Å²) in [5.41, 5.74) is 9.22. The molecule has 0 bridgehead atoms. The maximum atomic E-state index is 14.2. The van der Waals surface area contributed by atoms with Gasteiger partial charge < -0.3 is 30.6 Å². The number of anilines is 1. The van der Waals surface area contributed by atoms with E-state index in [-0.39, 0.29) is 40.3 Å². The van der Waals surface area contributed by atoms with Crippen molar-refractivity contribution in [1.82, 2.24) is 10.3 Å². The summed E-state index contributed by atoms with van der Waals surface area (Å²) in [5, 5.41) is 7.57. The molecule has 45 heavy (non-hydrogen) atoms. The molecule has 12 heteroatoms. The van der Waals surface area contributed by atoms with Gasteiger partial charge in [0.05, 0.1) is 32.1 Å². The highest BCUT2D eigenvalue weighted by molar-refractivity contribution is 7.13. The third-order valence-corrected chi connectivity index (χ3v) is 8.28. The number of hydrogen-bond donors (Lipinski definition) is 3. The quantitative estimate of drug-likeness (QED) is 0.221. The van der Waals surface area contributed by atoms with E-state index in [4.69, 9.17) is 19.9 Å². The summed E-state index contributed by atoms with van der Waals surface area (Å²) >= 11 is 1.53. The lowest BCUT2D eigenvalue weighted by Gasteiger charge is -2.18. The molecule has 11 nitrogen and oxygen atoms in total. The van der Waals surface area contributed by atoms with Crippen LogP contribution in [0.15, 0.2) is 53.9 Å². The van der Waals surface area contributed by atoms with Crippen molar-refractivity contribution in [3.63, 3.8) is 0 Å². The number of esters is 2. The van der Waals surface area contributed by atoms with E-state index >= 15 is 0 Å². The van der Waals surface area contributed by atoms with Crippen LogP contribution in [0.5, 0.6) is 5.75 Å². The number of ether oxygens (including phenoxy) is 3. The number of methoxy groups -OCH3 is 2. The van der Waals surface area contributed by atoms with Crippen molar-refractivity contribution in [2.45, 2.75) is 26.3 Å². The summed E-state index contributed by atoms with van der Waals surface area (Å²) in [6.07, 6.45) is 1.40. The number of benzene rings is 2. The molecule has 2 aromatic carbocycles. The molecule has 0 unspecified atom stereocenters. The van der Waals surface area contributed by atoms with Crippen LogP contribution in [0.25, 0.3) is 21.6 Å². The Bertz CT molecular complexity index is 1800. The summed E-state index contributed by atoms with van der Waals surface area (Å²) in [7, 11) is 2.46. The largest absolute Gasteiger partial charge is 0.493 e. The van der Waals surface area contributed by atoms with E-state index in [1.54, 1.807) is 36.4 Å². The van der Waals surface area contributed by atoms with Crippen LogP contribution in [0.3, 0.4) is 0 Å². The topological polar surface area (TPSA) is 159 Å². The zero-order chi connectivity index (χ0) is 32.1. The number of aromatic nitrogens is 1. The molecule has 2 aromatic heterocycles. The first-order valence-electron chi connectivity index (χ1n) is 14.3. The maximum Gasteiger partial charge on any atom is 0.357 e. The van der Waals surface area contributed by atoms with Gasteiger partial charge in [-0.3, -0.25) is 9.59 Å². The highest BCUT2D eigenvalue weighted by Crippen LogP contribution is 2.43. The summed E-state index contributed by atoms with van der Waals surface area (Å²) in [4.78, 5) is 57.9. The minimum atomic E-state index is -0.789. The number of nitrogens with zero attached hydrogens (tertiary/aromatic N) is 1. The Morgan fingerprint density at radius 1 is 0.933 bits per heavy atom. The molecular formula is C33H32N4O7S. The third kappa shape index (κ3) is 6.42. The molecule has 0 saturated carbocycles. The van der Waals surface area contributed by atoms with Gasteiger partial charge in [-0.1, -0.05) is 13.0 Å². The lowest BCUT2D eigenvalue weighted by Crippen LogP contribution is -2.26. The zero-order valence-electron chi connectivity index (χ0n) is 25.0. The SMILES string of the molecule is CCCNC(=O)c1ccc(-c2cc3c(cc2C(=O)Nc2ccc(CN)cc2C(=O)OC)-c2sccc2CCO3)c(C(=O)OC)n1. The van der Waals surface area contributed by atoms with Crippen LogP contribution in [0.2, 0.25) is 0 Å². The van der Waals surface area contributed by atoms with Gasteiger partial charge in [0.1, 0.15) is 11.4 Å². The molecule has 5 rings (SSSR count). The van der Waals surface area contributed by atoms with Crippen LogP contribution < -0.4 is 21.1 Å². The number of rotatable bonds is 9. The van der Waals surface area contributed by atoms with E-state index < -0.39 is 23.8 Å². The van der Waals surface area contributed by atoms with E-state index in [1.807, 2.05) is 18.4 Å². The Hall–Kier alpha value is -5.07. The zero-order valence-corrected chi connectivity index (χ0v) is 25.8. The van der Waals surface area contributed by atoms with Crippen molar-refractivity contribution in [3.05, 3.63) is 87.6 Å². The number of pyridine rings is 1. The fourth-order valence-electron chi connectivity index (χ4n) is 5.01. The highest BCUT2D eigenvalue weighted by Gasteiger charge is 2.27. The summed E-state index contributed by atoms with van der Waals surface area (Å²) < 4.78 is 16.1. The van der Waals surface area contributed by atoms with Gasteiger partial charge in [0, 0.05) is 46.6 Å². The van der Waals surface area contributed by atoms with Crippen LogP contribution in [0.4, 0.5) is 5.69 Å². The van der Waals surface area contributed by atoms with Gasteiger partial charge in [0.2, 0.25) is 0 Å². The first-order valence-corrected chi connectivity index (χ1v) is 15.2. The Morgan fingerprint density at radius 2 is 1.73 bits per heavy atom. The van der Waals surface area contributed by atoms with E-state index in [1.165, 1.54) is 31.6 Å². The highest BCUT2D eigenvalue weighted by atomic mass is 32.1. The normalized spacial score (nSPS) is 11.7. The number of carbonyl (C=O) groups excluding carboxylic acids is 4. The monoisotopic (exact) mass is 628 g/mol. The van der Waals surface area contributed by atoms with Crippen molar-refractivity contribution < 1.29 is 33.4 Å². The van der Waals surface area contributed by atoms with Crippen LogP contribution in [-0.2, 0) is 22.4 Å². The van der Waals surface area contributed by atoms with E-state index in [2.05, 4.69) is 15.6 Å². The minimum absolute atomic E-state index is 0.0237. The first-order chi connectivity index (χ1) is 21.8. The number of fused-ring (bicyclic) bond motifs is 3. The summed E-state index contributed by atoms with van der Waals surface area (Å²) in [6.45, 7) is 2.96. The average Bonchev–Trinajstić information content (AvgIpc) is 3.47. The van der Waals surface area contributed by atoms with Crippen LogP contribution >= 0.6 is 11.3 Å². The lowest BCUT2D eigenvalue weighted by atomic mass is 9.93. The fraction of sp³-hybridized carbons (Fsp3) is 0.242. The van der Waals surface area contributed by atoms with Crippen molar-refractivity contribution in [3.8, 4) is 27.3 Å². The van der Waals surface area contributed by atoms with Gasteiger partial charge >= 0.3 is 11.9 Å². The van der Waals surface area contributed by atoms with Crippen LogP contribution in [0, 0.1) is 0 Å².